The first-order valence-corrected chi connectivity index (χ1v) is 7.72. The van der Waals surface area contributed by atoms with Gasteiger partial charge in [0.1, 0.15) is 18.1 Å². The van der Waals surface area contributed by atoms with E-state index < -0.39 is 0 Å². The van der Waals surface area contributed by atoms with Crippen molar-refractivity contribution in [3.63, 3.8) is 0 Å². The predicted octanol–water partition coefficient (Wildman–Crippen LogP) is 3.64. The number of aromatic nitrogens is 1. The van der Waals surface area contributed by atoms with E-state index in [9.17, 15) is 0 Å². The lowest BCUT2D eigenvalue weighted by molar-refractivity contribution is 0.306. The van der Waals surface area contributed by atoms with Gasteiger partial charge in [0, 0.05) is 11.6 Å². The Balaban J connectivity index is 1.59. The van der Waals surface area contributed by atoms with E-state index in [0.717, 1.165) is 28.3 Å². The van der Waals surface area contributed by atoms with Crippen molar-refractivity contribution in [2.45, 2.75) is 13.2 Å². The maximum Gasteiger partial charge on any atom is 0.151 e. The summed E-state index contributed by atoms with van der Waals surface area (Å²) in [4.78, 5) is 0. The summed E-state index contributed by atoms with van der Waals surface area (Å²) in [5, 5.41) is 7.15. The fourth-order valence-corrected chi connectivity index (χ4v) is 2.25. The molecular weight excluding hydrogens is 300 g/mol. The Morgan fingerprint density at radius 3 is 2.62 bits per heavy atom. The van der Waals surface area contributed by atoms with Crippen molar-refractivity contribution in [3.8, 4) is 29.4 Å². The van der Waals surface area contributed by atoms with Crippen LogP contribution >= 0.6 is 0 Å². The summed E-state index contributed by atoms with van der Waals surface area (Å²) in [6.45, 7) is 1.62. The Labute approximate surface area is 141 Å². The third-order valence-corrected chi connectivity index (χ3v) is 3.48. The van der Waals surface area contributed by atoms with Gasteiger partial charge in [-0.2, -0.15) is 0 Å². The van der Waals surface area contributed by atoms with E-state index in [1.165, 1.54) is 0 Å². The molecule has 0 aliphatic heterocycles. The molecule has 0 spiro atoms. The minimum atomic E-state index is 0.503. The molecule has 0 radical (unpaired) electrons. The van der Waals surface area contributed by atoms with Crippen molar-refractivity contribution in [3.05, 3.63) is 72.0 Å². The third-order valence-electron chi connectivity index (χ3n) is 3.48. The number of ether oxygens (including phenoxy) is 1. The maximum atomic E-state index is 5.78. The first-order chi connectivity index (χ1) is 11.8. The molecule has 1 aromatic heterocycles. The molecule has 0 amide bonds. The van der Waals surface area contributed by atoms with Crippen molar-refractivity contribution < 1.29 is 9.26 Å². The number of nitrogens with zero attached hydrogens (tertiary/aromatic N) is 1. The molecule has 0 fully saturated rings. The molecule has 0 bridgehead atoms. The number of rotatable bonds is 7. The van der Waals surface area contributed by atoms with E-state index in [0.29, 0.717) is 19.7 Å². The lowest BCUT2D eigenvalue weighted by Crippen LogP contribution is -2.12. The van der Waals surface area contributed by atoms with Crippen LogP contribution in [0.1, 0.15) is 11.3 Å². The van der Waals surface area contributed by atoms with Crippen molar-refractivity contribution in [2.24, 2.45) is 0 Å². The van der Waals surface area contributed by atoms with Crippen LogP contribution in [0.15, 0.2) is 65.2 Å². The van der Waals surface area contributed by atoms with Crippen LogP contribution in [-0.2, 0) is 13.2 Å². The average molecular weight is 318 g/mol. The van der Waals surface area contributed by atoms with Crippen LogP contribution in [0.4, 0.5) is 0 Å². The Hall–Kier alpha value is -3.03. The zero-order valence-electron chi connectivity index (χ0n) is 13.2. The van der Waals surface area contributed by atoms with Gasteiger partial charge in [0.05, 0.1) is 13.1 Å². The highest BCUT2D eigenvalue weighted by molar-refractivity contribution is 5.59. The van der Waals surface area contributed by atoms with E-state index in [2.05, 4.69) is 16.4 Å². The van der Waals surface area contributed by atoms with E-state index in [1.807, 2.05) is 60.7 Å². The summed E-state index contributed by atoms with van der Waals surface area (Å²) >= 11 is 0. The highest BCUT2D eigenvalue weighted by Crippen LogP contribution is 2.22. The van der Waals surface area contributed by atoms with Crippen LogP contribution in [0.25, 0.3) is 11.3 Å². The van der Waals surface area contributed by atoms with Gasteiger partial charge < -0.3 is 9.26 Å². The summed E-state index contributed by atoms with van der Waals surface area (Å²) in [7, 11) is 0. The minimum Gasteiger partial charge on any atom is -0.489 e. The van der Waals surface area contributed by atoms with Crippen molar-refractivity contribution in [1.82, 2.24) is 10.5 Å². The van der Waals surface area contributed by atoms with E-state index in [-0.39, 0.29) is 0 Å². The highest BCUT2D eigenvalue weighted by Gasteiger charge is 2.06. The Morgan fingerprint density at radius 1 is 1.08 bits per heavy atom. The SMILES string of the molecule is C#CCNCc1cc(-c2ccc(OCc3ccccc3)cc2)no1. The lowest BCUT2D eigenvalue weighted by Gasteiger charge is -2.06. The van der Waals surface area contributed by atoms with Gasteiger partial charge in [-0.15, -0.1) is 6.42 Å². The average Bonchev–Trinajstić information content (AvgIpc) is 3.10. The molecule has 4 nitrogen and oxygen atoms in total. The molecule has 0 atom stereocenters. The number of benzene rings is 2. The summed E-state index contributed by atoms with van der Waals surface area (Å²) in [6.07, 6.45) is 5.19. The van der Waals surface area contributed by atoms with Gasteiger partial charge in [-0.05, 0) is 29.8 Å². The largest absolute Gasteiger partial charge is 0.489 e. The maximum absolute atomic E-state index is 5.78. The topological polar surface area (TPSA) is 47.3 Å². The van der Waals surface area contributed by atoms with Crippen molar-refractivity contribution >= 4 is 0 Å². The third kappa shape index (κ3) is 4.25. The molecule has 0 unspecified atom stereocenters. The van der Waals surface area contributed by atoms with Crippen LogP contribution in [0.5, 0.6) is 5.75 Å². The van der Waals surface area contributed by atoms with Crippen LogP contribution in [0.2, 0.25) is 0 Å². The number of hydrogen-bond donors (Lipinski definition) is 1. The van der Waals surface area contributed by atoms with Crippen LogP contribution in [-0.4, -0.2) is 11.7 Å². The van der Waals surface area contributed by atoms with Gasteiger partial charge >= 0.3 is 0 Å². The number of hydrogen-bond acceptors (Lipinski definition) is 4. The Morgan fingerprint density at radius 2 is 1.88 bits per heavy atom. The van der Waals surface area contributed by atoms with Crippen LogP contribution in [0.3, 0.4) is 0 Å². The van der Waals surface area contributed by atoms with Crippen molar-refractivity contribution in [1.29, 1.82) is 0 Å². The normalized spacial score (nSPS) is 10.3. The van der Waals surface area contributed by atoms with E-state index in [4.69, 9.17) is 15.7 Å². The molecule has 0 saturated carbocycles. The second kappa shape index (κ2) is 8.00. The van der Waals surface area contributed by atoms with Gasteiger partial charge in [-0.1, -0.05) is 41.4 Å². The standard InChI is InChI=1S/C20H18N2O2/c1-2-12-21-14-19-13-20(22-24-19)17-8-10-18(11-9-17)23-15-16-6-4-3-5-7-16/h1,3-11,13,21H,12,14-15H2. The summed E-state index contributed by atoms with van der Waals surface area (Å²) in [6, 6.07) is 19.8. The molecule has 24 heavy (non-hydrogen) atoms. The van der Waals surface area contributed by atoms with Gasteiger partial charge in [0.2, 0.25) is 0 Å². The van der Waals surface area contributed by atoms with Gasteiger partial charge in [-0.25, -0.2) is 0 Å². The fourth-order valence-electron chi connectivity index (χ4n) is 2.25. The fraction of sp³-hybridized carbons (Fsp3) is 0.150. The predicted molar refractivity (Wildman–Crippen MR) is 93.3 cm³/mol. The highest BCUT2D eigenvalue weighted by atomic mass is 16.5. The molecular formula is C20H18N2O2. The Bertz CT molecular complexity index is 802. The van der Waals surface area contributed by atoms with Gasteiger partial charge in [0.15, 0.2) is 5.76 Å². The zero-order valence-corrected chi connectivity index (χ0v) is 13.2. The number of nitrogens with one attached hydrogen (secondary N) is 1. The van der Waals surface area contributed by atoms with E-state index >= 15 is 0 Å². The molecule has 3 rings (SSSR count). The molecule has 4 heteroatoms. The van der Waals surface area contributed by atoms with Crippen molar-refractivity contribution in [2.75, 3.05) is 6.54 Å². The van der Waals surface area contributed by atoms with Gasteiger partial charge in [-0.3, -0.25) is 5.32 Å². The molecule has 0 aliphatic rings. The second-order valence-electron chi connectivity index (χ2n) is 5.28. The molecule has 1 N–H and O–H groups in total. The van der Waals surface area contributed by atoms with Crippen LogP contribution in [0, 0.1) is 12.3 Å². The smallest absolute Gasteiger partial charge is 0.151 e. The van der Waals surface area contributed by atoms with E-state index in [1.54, 1.807) is 0 Å². The first kappa shape index (κ1) is 15.9. The molecule has 0 saturated heterocycles. The lowest BCUT2D eigenvalue weighted by atomic mass is 10.1. The molecule has 0 aliphatic carbocycles. The monoisotopic (exact) mass is 318 g/mol. The minimum absolute atomic E-state index is 0.503. The number of terminal acetylenes is 1. The van der Waals surface area contributed by atoms with Gasteiger partial charge in [0.25, 0.3) is 0 Å². The molecule has 120 valence electrons. The summed E-state index contributed by atoms with van der Waals surface area (Å²) < 4.78 is 11.1. The second-order valence-corrected chi connectivity index (χ2v) is 5.28. The summed E-state index contributed by atoms with van der Waals surface area (Å²) in [5.74, 6) is 4.09. The molecule has 2 aromatic carbocycles. The van der Waals surface area contributed by atoms with Crippen LogP contribution < -0.4 is 10.1 Å². The molecule has 1 heterocycles. The summed E-state index contributed by atoms with van der Waals surface area (Å²) in [5.41, 5.74) is 2.92. The first-order valence-electron chi connectivity index (χ1n) is 7.72. The Kier molecular flexibility index (Phi) is 5.28. The molecule has 3 aromatic rings. The quantitative estimate of drug-likeness (QED) is 0.534. The zero-order chi connectivity index (χ0) is 16.6.